The van der Waals surface area contributed by atoms with Gasteiger partial charge in [-0.1, -0.05) is 30.3 Å². The van der Waals surface area contributed by atoms with E-state index in [1.54, 1.807) is 25.0 Å². The van der Waals surface area contributed by atoms with Gasteiger partial charge in [-0.25, -0.2) is 0 Å². The number of benzene rings is 2. The smallest absolute Gasteiger partial charge is 0.127 e. The molecule has 1 unspecified atom stereocenters. The maximum atomic E-state index is 6.57. The Balaban J connectivity index is 1.95. The van der Waals surface area contributed by atoms with Crippen molar-refractivity contribution in [2.75, 3.05) is 14.2 Å². The Hall–Kier alpha value is -1.36. The van der Waals surface area contributed by atoms with Crippen LogP contribution in [-0.4, -0.2) is 19.1 Å². The summed E-state index contributed by atoms with van der Waals surface area (Å²) in [6.45, 7) is 0. The summed E-state index contributed by atoms with van der Waals surface area (Å²) in [5.41, 5.74) is 2.20. The fourth-order valence-corrected chi connectivity index (χ4v) is 6.07. The van der Waals surface area contributed by atoms with Gasteiger partial charge in [0.1, 0.15) is 11.5 Å². The van der Waals surface area contributed by atoms with Gasteiger partial charge < -0.3 is 9.47 Å². The molecule has 114 valence electrons. The molecule has 0 aliphatic carbocycles. The van der Waals surface area contributed by atoms with Crippen molar-refractivity contribution in [2.24, 2.45) is 0 Å². The van der Waals surface area contributed by atoms with Crippen molar-refractivity contribution < 1.29 is 9.47 Å². The van der Waals surface area contributed by atoms with Crippen LogP contribution in [0, 0.1) is 0 Å². The first-order valence-electron chi connectivity index (χ1n) is 6.68. The summed E-state index contributed by atoms with van der Waals surface area (Å²) in [7, 11) is 11.2. The van der Waals surface area contributed by atoms with E-state index in [4.69, 9.17) is 20.2 Å². The van der Waals surface area contributed by atoms with Crippen molar-refractivity contribution in [3.8, 4) is 11.5 Å². The standard InChI is InChI=1S/C17H15ClO2S2/c1-19-13-9-7-12(8-10-13)16-11-17(22(18)21-16)14-5-3-4-6-15(14)20-2/h3-11H,1-2H3. The van der Waals surface area contributed by atoms with Crippen LogP contribution in [0.1, 0.15) is 11.1 Å². The van der Waals surface area contributed by atoms with E-state index < -0.39 is 8.73 Å². The van der Waals surface area contributed by atoms with Gasteiger partial charge in [-0.05, 0) is 60.0 Å². The first-order chi connectivity index (χ1) is 10.7. The summed E-state index contributed by atoms with van der Waals surface area (Å²) >= 11 is 0. The normalized spacial score (nSPS) is 17.3. The van der Waals surface area contributed by atoms with Crippen molar-refractivity contribution in [3.05, 3.63) is 65.7 Å². The molecule has 0 spiro atoms. The van der Waals surface area contributed by atoms with Crippen LogP contribution in [0.4, 0.5) is 0 Å². The molecular weight excluding hydrogens is 336 g/mol. The molecule has 1 aliphatic rings. The highest BCUT2D eigenvalue weighted by Crippen LogP contribution is 2.53. The Bertz CT molecular complexity index is 752. The molecule has 5 heteroatoms. The van der Waals surface area contributed by atoms with Crippen LogP contribution < -0.4 is 9.47 Å². The van der Waals surface area contributed by atoms with E-state index in [1.165, 1.54) is 4.91 Å². The van der Waals surface area contributed by atoms with E-state index in [0.717, 1.165) is 27.5 Å². The van der Waals surface area contributed by atoms with Gasteiger partial charge in [0, 0.05) is 15.3 Å². The fraction of sp³-hybridized carbons (Fsp3) is 0.118. The molecular formula is C17H15ClO2S2. The molecule has 0 bridgehead atoms. The van der Waals surface area contributed by atoms with Crippen molar-refractivity contribution in [1.82, 2.24) is 0 Å². The predicted octanol–water partition coefficient (Wildman–Crippen LogP) is 5.35. The lowest BCUT2D eigenvalue weighted by atomic mass is 10.1. The molecule has 0 amide bonds. The molecule has 0 N–H and O–H groups in total. The first-order valence-corrected chi connectivity index (χ1v) is 10.1. The quantitative estimate of drug-likeness (QED) is 0.547. The van der Waals surface area contributed by atoms with Crippen LogP contribution in [0.25, 0.3) is 4.91 Å². The highest BCUT2D eigenvalue weighted by molar-refractivity contribution is 8.95. The Morgan fingerprint density at radius 2 is 1.68 bits per heavy atom. The van der Waals surface area contributed by atoms with E-state index in [2.05, 4.69) is 18.2 Å². The zero-order chi connectivity index (χ0) is 15.5. The van der Waals surface area contributed by atoms with Gasteiger partial charge in [0.25, 0.3) is 0 Å². The molecule has 22 heavy (non-hydrogen) atoms. The topological polar surface area (TPSA) is 18.5 Å². The lowest BCUT2D eigenvalue weighted by Crippen LogP contribution is -1.97. The highest BCUT2D eigenvalue weighted by Gasteiger charge is 2.19. The number of ether oxygens (including phenoxy) is 2. The molecule has 0 radical (unpaired) electrons. The van der Waals surface area contributed by atoms with E-state index >= 15 is 0 Å². The van der Waals surface area contributed by atoms with Gasteiger partial charge in [0.05, 0.1) is 14.2 Å². The molecule has 1 atom stereocenters. The Labute approximate surface area is 140 Å². The summed E-state index contributed by atoms with van der Waals surface area (Å²) in [5, 5.41) is 0. The number of para-hydroxylation sites is 1. The highest BCUT2D eigenvalue weighted by atomic mass is 35.7. The van der Waals surface area contributed by atoms with Crippen LogP contribution in [0.3, 0.4) is 0 Å². The molecule has 0 saturated carbocycles. The molecule has 1 heterocycles. The number of allylic oxidation sites excluding steroid dienone is 1. The SMILES string of the molecule is COc1ccc(C2=CC(c3ccccc3OC)=S(Cl)S2)cc1. The third kappa shape index (κ3) is 3.05. The lowest BCUT2D eigenvalue weighted by Gasteiger charge is -2.07. The van der Waals surface area contributed by atoms with Gasteiger partial charge >= 0.3 is 0 Å². The van der Waals surface area contributed by atoms with Gasteiger partial charge in [0.15, 0.2) is 0 Å². The molecule has 2 aromatic rings. The minimum atomic E-state index is -0.409. The first kappa shape index (κ1) is 15.5. The monoisotopic (exact) mass is 350 g/mol. The lowest BCUT2D eigenvalue weighted by molar-refractivity contribution is 0.414. The predicted molar refractivity (Wildman–Crippen MR) is 99.1 cm³/mol. The maximum absolute atomic E-state index is 6.57. The number of rotatable bonds is 4. The summed E-state index contributed by atoms with van der Waals surface area (Å²) < 4.78 is 10.6. The van der Waals surface area contributed by atoms with Crippen molar-refractivity contribution in [3.63, 3.8) is 0 Å². The van der Waals surface area contributed by atoms with Crippen molar-refractivity contribution in [2.45, 2.75) is 0 Å². The number of hydrogen-bond donors (Lipinski definition) is 0. The zero-order valence-electron chi connectivity index (χ0n) is 12.2. The largest absolute Gasteiger partial charge is 0.497 e. The summed E-state index contributed by atoms with van der Waals surface area (Å²) in [5.74, 6) is 1.70. The van der Waals surface area contributed by atoms with E-state index in [0.29, 0.717) is 0 Å². The third-order valence-electron chi connectivity index (χ3n) is 3.34. The Morgan fingerprint density at radius 3 is 2.36 bits per heavy atom. The van der Waals surface area contributed by atoms with Crippen LogP contribution >= 0.6 is 30.2 Å². The summed E-state index contributed by atoms with van der Waals surface area (Å²) in [6, 6.07) is 16.0. The molecule has 2 aromatic carbocycles. The van der Waals surface area contributed by atoms with E-state index in [1.807, 2.05) is 36.4 Å². The van der Waals surface area contributed by atoms with Crippen LogP contribution in [0.2, 0.25) is 0 Å². The number of halogens is 1. The maximum Gasteiger partial charge on any atom is 0.127 e. The average molecular weight is 351 g/mol. The molecule has 1 aliphatic heterocycles. The van der Waals surface area contributed by atoms with Gasteiger partial charge in [0.2, 0.25) is 0 Å². The number of methoxy groups -OCH3 is 2. The Morgan fingerprint density at radius 1 is 0.955 bits per heavy atom. The fourth-order valence-electron chi connectivity index (χ4n) is 2.21. The van der Waals surface area contributed by atoms with Gasteiger partial charge in [-0.15, -0.1) is 0 Å². The zero-order valence-corrected chi connectivity index (χ0v) is 14.6. The van der Waals surface area contributed by atoms with Gasteiger partial charge in [-0.3, -0.25) is 0 Å². The summed E-state index contributed by atoms with van der Waals surface area (Å²) in [6.07, 6.45) is 2.15. The van der Waals surface area contributed by atoms with Crippen LogP contribution in [-0.2, 0) is 0 Å². The molecule has 0 saturated heterocycles. The minimum Gasteiger partial charge on any atom is -0.497 e. The van der Waals surface area contributed by atoms with Crippen LogP contribution in [0.15, 0.2) is 54.6 Å². The molecule has 0 aromatic heterocycles. The van der Waals surface area contributed by atoms with E-state index in [-0.39, 0.29) is 0 Å². The minimum absolute atomic E-state index is 0.409. The Kier molecular flexibility index (Phi) is 4.81. The second-order valence-electron chi connectivity index (χ2n) is 4.61. The molecule has 2 nitrogen and oxygen atoms in total. The number of hydrogen-bond acceptors (Lipinski definition) is 3. The third-order valence-corrected chi connectivity index (χ3v) is 7.29. The molecule has 0 fully saturated rings. The van der Waals surface area contributed by atoms with Crippen LogP contribution in [0.5, 0.6) is 11.5 Å². The average Bonchev–Trinajstić information content (AvgIpc) is 2.96. The van der Waals surface area contributed by atoms with E-state index in [9.17, 15) is 0 Å². The molecule has 3 rings (SSSR count). The second kappa shape index (κ2) is 6.82. The summed E-state index contributed by atoms with van der Waals surface area (Å²) in [4.78, 5) is 2.27. The second-order valence-corrected chi connectivity index (χ2v) is 9.08. The van der Waals surface area contributed by atoms with Crippen molar-refractivity contribution >= 4 is 40.0 Å². The van der Waals surface area contributed by atoms with Crippen molar-refractivity contribution in [1.29, 1.82) is 0 Å². The van der Waals surface area contributed by atoms with Gasteiger partial charge in [-0.2, -0.15) is 0 Å².